The van der Waals surface area contributed by atoms with Crippen LogP contribution in [0, 0.1) is 29.6 Å². The smallest absolute Gasteiger partial charge is 0.0572 e. The minimum atomic E-state index is -0.207. The molecule has 3 rings (SSSR count). The lowest BCUT2D eigenvalue weighted by molar-refractivity contribution is 0.156. The highest BCUT2D eigenvalue weighted by atomic mass is 16.3. The van der Waals surface area contributed by atoms with Crippen LogP contribution in [0.15, 0.2) is 23.8 Å². The first-order valence-electron chi connectivity index (χ1n) is 6.72. The van der Waals surface area contributed by atoms with Gasteiger partial charge in [-0.25, -0.2) is 0 Å². The highest BCUT2D eigenvalue weighted by molar-refractivity contribution is 5.27. The fraction of sp³-hybridized carbons (Fsp3) is 0.733. The topological polar surface area (TPSA) is 20.2 Å². The molecule has 0 aromatic rings. The molecule has 1 N–H and O–H groups in total. The van der Waals surface area contributed by atoms with Gasteiger partial charge in [0.2, 0.25) is 0 Å². The van der Waals surface area contributed by atoms with Crippen molar-refractivity contribution < 1.29 is 5.11 Å². The standard InChI is InChI=1S/C15H22O/c1-9(10(2)16)6-11-7-12-8-15(11)14-5-3-4-13(12)14/h3,5-6,9-10,12-16H,4,7-8H2,1-2H3/b11-6+/t9-,10+,12-,13+,14+,15-/m0/s1. The summed E-state index contributed by atoms with van der Waals surface area (Å²) in [5.41, 5.74) is 1.64. The average Bonchev–Trinajstić information content (AvgIpc) is 2.87. The Hall–Kier alpha value is -0.560. The first-order valence-corrected chi connectivity index (χ1v) is 6.72. The molecular formula is C15H22O. The Morgan fingerprint density at radius 3 is 3.00 bits per heavy atom. The molecule has 0 aromatic heterocycles. The number of hydrogen-bond donors (Lipinski definition) is 1. The van der Waals surface area contributed by atoms with Gasteiger partial charge in [-0.1, -0.05) is 30.7 Å². The van der Waals surface area contributed by atoms with E-state index in [1.165, 1.54) is 19.3 Å². The summed E-state index contributed by atoms with van der Waals surface area (Å²) in [6.07, 6.45) is 11.0. The van der Waals surface area contributed by atoms with E-state index in [2.05, 4.69) is 25.2 Å². The Labute approximate surface area is 98.2 Å². The number of fused-ring (bicyclic) bond motifs is 5. The van der Waals surface area contributed by atoms with Gasteiger partial charge in [0.15, 0.2) is 0 Å². The maximum absolute atomic E-state index is 9.58. The van der Waals surface area contributed by atoms with Gasteiger partial charge in [-0.15, -0.1) is 0 Å². The highest BCUT2D eigenvalue weighted by Crippen LogP contribution is 2.58. The van der Waals surface area contributed by atoms with Gasteiger partial charge in [-0.05, 0) is 55.8 Å². The van der Waals surface area contributed by atoms with Crippen LogP contribution >= 0.6 is 0 Å². The molecule has 0 amide bonds. The molecule has 16 heavy (non-hydrogen) atoms. The van der Waals surface area contributed by atoms with Gasteiger partial charge in [-0.3, -0.25) is 0 Å². The Balaban J connectivity index is 1.79. The summed E-state index contributed by atoms with van der Waals surface area (Å²) in [7, 11) is 0. The van der Waals surface area contributed by atoms with Crippen LogP contribution in [0.5, 0.6) is 0 Å². The van der Waals surface area contributed by atoms with Gasteiger partial charge < -0.3 is 5.11 Å². The fourth-order valence-corrected chi connectivity index (χ4v) is 4.05. The highest BCUT2D eigenvalue weighted by Gasteiger charge is 2.49. The molecule has 0 saturated heterocycles. The maximum atomic E-state index is 9.58. The van der Waals surface area contributed by atoms with Gasteiger partial charge >= 0.3 is 0 Å². The molecule has 0 aliphatic heterocycles. The summed E-state index contributed by atoms with van der Waals surface area (Å²) >= 11 is 0. The fourth-order valence-electron chi connectivity index (χ4n) is 4.05. The molecule has 2 bridgehead atoms. The van der Waals surface area contributed by atoms with Gasteiger partial charge in [0.05, 0.1) is 6.10 Å². The van der Waals surface area contributed by atoms with Crippen LogP contribution in [-0.2, 0) is 0 Å². The van der Waals surface area contributed by atoms with Gasteiger partial charge in [0.25, 0.3) is 0 Å². The number of hydrogen-bond acceptors (Lipinski definition) is 1. The lowest BCUT2D eigenvalue weighted by Crippen LogP contribution is -2.20. The summed E-state index contributed by atoms with van der Waals surface area (Å²) in [6, 6.07) is 0. The summed E-state index contributed by atoms with van der Waals surface area (Å²) in [5.74, 6) is 3.88. The predicted octanol–water partition coefficient (Wildman–Crippen LogP) is 3.16. The van der Waals surface area contributed by atoms with E-state index in [0.717, 1.165) is 23.7 Å². The van der Waals surface area contributed by atoms with Crippen LogP contribution in [0.1, 0.15) is 33.1 Å². The van der Waals surface area contributed by atoms with Crippen molar-refractivity contribution in [1.29, 1.82) is 0 Å². The Kier molecular flexibility index (Phi) is 2.47. The normalized spacial score (nSPS) is 46.3. The molecule has 0 radical (unpaired) electrons. The lowest BCUT2D eigenvalue weighted by Gasteiger charge is -2.27. The van der Waals surface area contributed by atoms with E-state index in [1.807, 2.05) is 6.92 Å². The van der Waals surface area contributed by atoms with Crippen molar-refractivity contribution in [3.8, 4) is 0 Å². The second kappa shape index (κ2) is 3.73. The zero-order chi connectivity index (χ0) is 11.3. The Morgan fingerprint density at radius 2 is 2.25 bits per heavy atom. The predicted molar refractivity (Wildman–Crippen MR) is 65.9 cm³/mol. The van der Waals surface area contributed by atoms with Crippen molar-refractivity contribution in [1.82, 2.24) is 0 Å². The second-order valence-electron chi connectivity index (χ2n) is 6.05. The van der Waals surface area contributed by atoms with Crippen LogP contribution in [0.25, 0.3) is 0 Å². The molecule has 1 nitrogen and oxygen atoms in total. The number of rotatable bonds is 2. The van der Waals surface area contributed by atoms with E-state index < -0.39 is 0 Å². The van der Waals surface area contributed by atoms with Crippen LogP contribution in [0.4, 0.5) is 0 Å². The third-order valence-electron chi connectivity index (χ3n) is 5.10. The molecule has 1 heteroatoms. The molecule has 0 aromatic carbocycles. The Morgan fingerprint density at radius 1 is 1.44 bits per heavy atom. The quantitative estimate of drug-likeness (QED) is 0.706. The zero-order valence-electron chi connectivity index (χ0n) is 10.3. The van der Waals surface area contributed by atoms with Gasteiger partial charge in [0, 0.05) is 0 Å². The first kappa shape index (κ1) is 10.6. The van der Waals surface area contributed by atoms with Crippen molar-refractivity contribution in [2.24, 2.45) is 29.6 Å². The second-order valence-corrected chi connectivity index (χ2v) is 6.05. The van der Waals surface area contributed by atoms with Crippen molar-refractivity contribution in [2.75, 3.05) is 0 Å². The third kappa shape index (κ3) is 1.48. The molecule has 88 valence electrons. The zero-order valence-corrected chi connectivity index (χ0v) is 10.3. The van der Waals surface area contributed by atoms with E-state index in [1.54, 1.807) is 5.57 Å². The largest absolute Gasteiger partial charge is 0.393 e. The average molecular weight is 218 g/mol. The molecule has 3 aliphatic rings. The first-order chi connectivity index (χ1) is 7.66. The van der Waals surface area contributed by atoms with Crippen LogP contribution < -0.4 is 0 Å². The summed E-state index contributed by atoms with van der Waals surface area (Å²) in [5, 5.41) is 9.58. The van der Waals surface area contributed by atoms with E-state index in [-0.39, 0.29) is 6.10 Å². The van der Waals surface area contributed by atoms with Crippen LogP contribution in [0.2, 0.25) is 0 Å². The summed E-state index contributed by atoms with van der Waals surface area (Å²) in [4.78, 5) is 0. The lowest BCUT2D eigenvalue weighted by atomic mass is 9.78. The molecule has 3 aliphatic carbocycles. The number of allylic oxidation sites excluding steroid dienone is 3. The van der Waals surface area contributed by atoms with Crippen LogP contribution in [-0.4, -0.2) is 11.2 Å². The minimum absolute atomic E-state index is 0.207. The molecule has 0 heterocycles. The summed E-state index contributed by atoms with van der Waals surface area (Å²) in [6.45, 7) is 4.03. The molecule has 2 fully saturated rings. The molecule has 0 unspecified atom stereocenters. The SMILES string of the molecule is C[C@@H](O)[C@@H](C)/C=C1\C[C@H]2C[C@@H]1[C@@H]1C=CC[C@H]21. The molecule has 6 atom stereocenters. The van der Waals surface area contributed by atoms with E-state index in [4.69, 9.17) is 0 Å². The number of aliphatic hydroxyl groups is 1. The monoisotopic (exact) mass is 218 g/mol. The summed E-state index contributed by atoms with van der Waals surface area (Å²) < 4.78 is 0. The Bertz CT molecular complexity index is 339. The van der Waals surface area contributed by atoms with Crippen molar-refractivity contribution in [3.63, 3.8) is 0 Å². The third-order valence-corrected chi connectivity index (χ3v) is 5.10. The number of aliphatic hydroxyl groups excluding tert-OH is 1. The van der Waals surface area contributed by atoms with Crippen molar-refractivity contribution in [3.05, 3.63) is 23.8 Å². The maximum Gasteiger partial charge on any atom is 0.0572 e. The van der Waals surface area contributed by atoms with Crippen LogP contribution in [0.3, 0.4) is 0 Å². The van der Waals surface area contributed by atoms with E-state index >= 15 is 0 Å². The minimum Gasteiger partial charge on any atom is -0.393 e. The molecular weight excluding hydrogens is 196 g/mol. The molecule has 2 saturated carbocycles. The van der Waals surface area contributed by atoms with E-state index in [9.17, 15) is 5.11 Å². The van der Waals surface area contributed by atoms with Crippen molar-refractivity contribution >= 4 is 0 Å². The van der Waals surface area contributed by atoms with Crippen molar-refractivity contribution in [2.45, 2.75) is 39.2 Å². The van der Waals surface area contributed by atoms with Gasteiger partial charge in [-0.2, -0.15) is 0 Å². The molecule has 0 spiro atoms. The van der Waals surface area contributed by atoms with Gasteiger partial charge in [0.1, 0.15) is 0 Å². The van der Waals surface area contributed by atoms with E-state index in [0.29, 0.717) is 5.92 Å².